The Labute approximate surface area is 153 Å². The van der Waals surface area contributed by atoms with Gasteiger partial charge in [-0.2, -0.15) is 0 Å². The van der Waals surface area contributed by atoms with Crippen molar-refractivity contribution in [3.8, 4) is 11.5 Å². The average Bonchev–Trinajstić information content (AvgIpc) is 2.62. The second-order valence-corrected chi connectivity index (χ2v) is 6.58. The van der Waals surface area contributed by atoms with Gasteiger partial charge in [-0.15, -0.1) is 11.8 Å². The van der Waals surface area contributed by atoms with Gasteiger partial charge < -0.3 is 19.7 Å². The number of para-hydroxylation sites is 1. The molecule has 0 heterocycles. The molecule has 0 radical (unpaired) electrons. The van der Waals surface area contributed by atoms with Crippen molar-refractivity contribution in [2.45, 2.75) is 11.4 Å². The van der Waals surface area contributed by atoms with E-state index in [0.29, 0.717) is 13.1 Å². The van der Waals surface area contributed by atoms with Crippen LogP contribution in [-0.2, 0) is 11.3 Å². The number of thioether (sulfide) groups is 1. The molecule has 1 unspecified atom stereocenters. The van der Waals surface area contributed by atoms with Gasteiger partial charge in [-0.1, -0.05) is 12.1 Å². The van der Waals surface area contributed by atoms with Crippen molar-refractivity contribution in [3.63, 3.8) is 0 Å². The monoisotopic (exact) mass is 361 g/mol. The highest BCUT2D eigenvalue weighted by Crippen LogP contribution is 2.25. The molecule has 0 saturated heterocycles. The molecule has 2 aromatic rings. The third-order valence-corrected chi connectivity index (χ3v) is 4.63. The van der Waals surface area contributed by atoms with E-state index in [0.717, 1.165) is 32.5 Å². The number of likely N-dealkylation sites (N-methyl/N-ethyl adjacent to an activating group) is 1. The van der Waals surface area contributed by atoms with E-state index in [4.69, 9.17) is 9.47 Å². The summed E-state index contributed by atoms with van der Waals surface area (Å²) in [6.45, 7) is 1.06. The highest BCUT2D eigenvalue weighted by atomic mass is 32.2. The highest BCUT2D eigenvalue weighted by molar-refractivity contribution is 7.98. The smallest absolute Gasteiger partial charge is 0.279 e. The molecule has 0 aliphatic rings. The number of amides is 1. The summed E-state index contributed by atoms with van der Waals surface area (Å²) in [4.78, 5) is 14.5. The van der Waals surface area contributed by atoms with Crippen LogP contribution in [0.25, 0.3) is 0 Å². The Bertz CT molecular complexity index is 722. The summed E-state index contributed by atoms with van der Waals surface area (Å²) in [6.07, 6.45) is 2.00. The summed E-state index contributed by atoms with van der Waals surface area (Å²) in [7, 11) is 5.26. The van der Waals surface area contributed by atoms with E-state index in [1.807, 2.05) is 55.8 Å². The molecular weight excluding hydrogens is 336 g/mol. The Morgan fingerprint density at radius 1 is 1.16 bits per heavy atom. The first kappa shape index (κ1) is 19.1. The first-order valence-electron chi connectivity index (χ1n) is 8.02. The first-order chi connectivity index (χ1) is 12.1. The minimum absolute atomic E-state index is 0.00789. The molecule has 6 heteroatoms. The molecule has 0 aromatic heterocycles. The average molecular weight is 361 g/mol. The summed E-state index contributed by atoms with van der Waals surface area (Å²) in [5, 5.41) is 2.99. The molecule has 25 heavy (non-hydrogen) atoms. The number of ether oxygens (including phenoxy) is 2. The molecule has 5 nitrogen and oxygen atoms in total. The van der Waals surface area contributed by atoms with E-state index >= 15 is 0 Å². The minimum Gasteiger partial charge on any atom is -0.497 e. The lowest BCUT2D eigenvalue weighted by Crippen LogP contribution is -3.08. The van der Waals surface area contributed by atoms with Gasteiger partial charge in [0.25, 0.3) is 5.91 Å². The van der Waals surface area contributed by atoms with E-state index in [1.54, 1.807) is 26.0 Å². The largest absolute Gasteiger partial charge is 0.497 e. The number of carbonyl (C=O) groups is 1. The number of quaternary nitrogens is 1. The molecule has 0 spiro atoms. The zero-order valence-electron chi connectivity index (χ0n) is 15.1. The number of carbonyl (C=O) groups excluding carboxylic acids is 1. The second kappa shape index (κ2) is 9.34. The number of methoxy groups -OCH3 is 2. The van der Waals surface area contributed by atoms with Crippen LogP contribution in [0.3, 0.4) is 0 Å². The summed E-state index contributed by atoms with van der Waals surface area (Å²) >= 11 is 1.62. The van der Waals surface area contributed by atoms with Crippen molar-refractivity contribution in [2.24, 2.45) is 0 Å². The number of hydrogen-bond donors (Lipinski definition) is 2. The lowest BCUT2D eigenvalue weighted by atomic mass is 10.2. The van der Waals surface area contributed by atoms with E-state index in [9.17, 15) is 4.79 Å². The zero-order chi connectivity index (χ0) is 18.2. The second-order valence-electron chi connectivity index (χ2n) is 5.74. The predicted octanol–water partition coefficient (Wildman–Crippen LogP) is 2.08. The molecule has 134 valence electrons. The van der Waals surface area contributed by atoms with E-state index in [-0.39, 0.29) is 5.91 Å². The standard InChI is InChI=1S/C19H24N2O3S/c1-21(12-14-9-10-15(23-2)11-17(14)24-3)13-19(22)20-16-7-5-6-8-18(16)25-4/h5-11H,12-13H2,1-4H3,(H,20,22)/p+1. The van der Waals surface area contributed by atoms with E-state index < -0.39 is 0 Å². The fourth-order valence-electron chi connectivity index (χ4n) is 2.60. The molecule has 0 bridgehead atoms. The van der Waals surface area contributed by atoms with E-state index in [2.05, 4.69) is 5.32 Å². The van der Waals surface area contributed by atoms with Gasteiger partial charge in [0.1, 0.15) is 18.0 Å². The highest BCUT2D eigenvalue weighted by Gasteiger charge is 2.15. The fourth-order valence-corrected chi connectivity index (χ4v) is 3.16. The van der Waals surface area contributed by atoms with Gasteiger partial charge in [-0.3, -0.25) is 4.79 Å². The van der Waals surface area contributed by atoms with Crippen LogP contribution >= 0.6 is 11.8 Å². The van der Waals surface area contributed by atoms with Crippen LogP contribution in [0.5, 0.6) is 11.5 Å². The van der Waals surface area contributed by atoms with Gasteiger partial charge in [0, 0.05) is 16.5 Å². The number of nitrogens with one attached hydrogen (secondary N) is 2. The normalized spacial score (nSPS) is 11.7. The SMILES string of the molecule is COc1ccc(C[NH+](C)CC(=O)Nc2ccccc2SC)c(OC)c1. The van der Waals surface area contributed by atoms with Crippen molar-refractivity contribution >= 4 is 23.4 Å². The molecule has 1 amide bonds. The van der Waals surface area contributed by atoms with Gasteiger partial charge in [-0.05, 0) is 30.5 Å². The van der Waals surface area contributed by atoms with Crippen LogP contribution < -0.4 is 19.7 Å². The Morgan fingerprint density at radius 2 is 1.92 bits per heavy atom. The van der Waals surface area contributed by atoms with Crippen LogP contribution in [0.15, 0.2) is 47.4 Å². The quantitative estimate of drug-likeness (QED) is 0.707. The van der Waals surface area contributed by atoms with Crippen molar-refractivity contribution in [3.05, 3.63) is 48.0 Å². The fraction of sp³-hybridized carbons (Fsp3) is 0.316. The van der Waals surface area contributed by atoms with Gasteiger partial charge >= 0.3 is 0 Å². The molecule has 0 aliphatic carbocycles. The van der Waals surface area contributed by atoms with E-state index in [1.165, 1.54) is 0 Å². The van der Waals surface area contributed by atoms with Crippen molar-refractivity contribution < 1.29 is 19.2 Å². The molecule has 0 aliphatic heterocycles. The Balaban J connectivity index is 1.98. The molecule has 2 aromatic carbocycles. The van der Waals surface area contributed by atoms with Crippen molar-refractivity contribution in [1.29, 1.82) is 0 Å². The van der Waals surface area contributed by atoms with Gasteiger partial charge in [0.2, 0.25) is 0 Å². The van der Waals surface area contributed by atoms with Crippen LogP contribution in [-0.4, -0.2) is 40.0 Å². The van der Waals surface area contributed by atoms with Gasteiger partial charge in [0.05, 0.1) is 27.0 Å². The molecule has 0 saturated carbocycles. The minimum atomic E-state index is -0.00789. The number of anilines is 1. The third-order valence-electron chi connectivity index (χ3n) is 3.83. The molecule has 0 fully saturated rings. The van der Waals surface area contributed by atoms with Gasteiger partial charge in [-0.25, -0.2) is 0 Å². The number of benzene rings is 2. The zero-order valence-corrected chi connectivity index (χ0v) is 15.9. The molecular formula is C19H25N2O3S+. The van der Waals surface area contributed by atoms with Gasteiger partial charge in [0.15, 0.2) is 6.54 Å². The Kier molecular flexibility index (Phi) is 7.16. The van der Waals surface area contributed by atoms with Crippen LogP contribution in [0, 0.1) is 0 Å². The van der Waals surface area contributed by atoms with Crippen LogP contribution in [0.2, 0.25) is 0 Å². The number of hydrogen-bond acceptors (Lipinski definition) is 4. The van der Waals surface area contributed by atoms with Crippen LogP contribution in [0.1, 0.15) is 5.56 Å². The molecule has 2 rings (SSSR count). The molecule has 2 N–H and O–H groups in total. The van der Waals surface area contributed by atoms with Crippen LogP contribution in [0.4, 0.5) is 5.69 Å². The summed E-state index contributed by atoms with van der Waals surface area (Å²) < 4.78 is 10.6. The predicted molar refractivity (Wildman–Crippen MR) is 102 cm³/mol. The van der Waals surface area contributed by atoms with Crippen molar-refractivity contribution in [2.75, 3.05) is 39.4 Å². The Hall–Kier alpha value is -2.18. The lowest BCUT2D eigenvalue weighted by Gasteiger charge is -2.17. The molecule has 1 atom stereocenters. The lowest BCUT2D eigenvalue weighted by molar-refractivity contribution is -0.885. The maximum absolute atomic E-state index is 12.3. The maximum atomic E-state index is 12.3. The van der Waals surface area contributed by atoms with Crippen molar-refractivity contribution in [1.82, 2.24) is 0 Å². The summed E-state index contributed by atoms with van der Waals surface area (Å²) in [5.74, 6) is 1.52. The number of rotatable bonds is 8. The first-order valence-corrected chi connectivity index (χ1v) is 9.25. The Morgan fingerprint density at radius 3 is 2.60 bits per heavy atom. The topological polar surface area (TPSA) is 52.0 Å². The summed E-state index contributed by atoms with van der Waals surface area (Å²) in [5.41, 5.74) is 1.90. The third kappa shape index (κ3) is 5.41. The maximum Gasteiger partial charge on any atom is 0.279 e. The summed E-state index contributed by atoms with van der Waals surface area (Å²) in [6, 6.07) is 13.5.